The fourth-order valence-electron chi connectivity index (χ4n) is 2.20. The van der Waals surface area contributed by atoms with Gasteiger partial charge in [0.1, 0.15) is 11.3 Å². The first-order valence-corrected chi connectivity index (χ1v) is 7.86. The maximum absolute atomic E-state index is 12.4. The van der Waals surface area contributed by atoms with E-state index in [2.05, 4.69) is 22.4 Å². The minimum atomic E-state index is -0.567. The standard InChI is InChI=1S/C16H22N4O5/c1-5-6-7-20-15(17-18-19-20)10-25-16(21)11-8-13(23-3)14(24-4)9-12(11)22-2/h8-9H,5-7,10H2,1-4H3. The Kier molecular flexibility index (Phi) is 6.55. The molecule has 0 amide bonds. The lowest BCUT2D eigenvalue weighted by molar-refractivity contribution is 0.0452. The van der Waals surface area contributed by atoms with Gasteiger partial charge < -0.3 is 18.9 Å². The average molecular weight is 350 g/mol. The van der Waals surface area contributed by atoms with Gasteiger partial charge in [-0.1, -0.05) is 13.3 Å². The van der Waals surface area contributed by atoms with Gasteiger partial charge in [-0.2, -0.15) is 0 Å². The molecule has 0 radical (unpaired) electrons. The van der Waals surface area contributed by atoms with E-state index in [0.29, 0.717) is 29.6 Å². The lowest BCUT2D eigenvalue weighted by Crippen LogP contribution is -2.12. The Labute approximate surface area is 145 Å². The minimum absolute atomic E-state index is 0.0347. The summed E-state index contributed by atoms with van der Waals surface area (Å²) in [7, 11) is 4.45. The van der Waals surface area contributed by atoms with Gasteiger partial charge in [-0.05, 0) is 16.8 Å². The monoisotopic (exact) mass is 350 g/mol. The normalized spacial score (nSPS) is 10.4. The molecule has 0 N–H and O–H groups in total. The zero-order chi connectivity index (χ0) is 18.2. The molecule has 0 fully saturated rings. The SMILES string of the molecule is CCCCn1nnnc1COC(=O)c1cc(OC)c(OC)cc1OC. The summed E-state index contributed by atoms with van der Waals surface area (Å²) < 4.78 is 22.6. The zero-order valence-corrected chi connectivity index (χ0v) is 14.8. The Hall–Kier alpha value is -2.84. The van der Waals surface area contributed by atoms with E-state index in [4.69, 9.17) is 18.9 Å². The molecule has 1 aromatic carbocycles. The summed E-state index contributed by atoms with van der Waals surface area (Å²) in [4.78, 5) is 12.4. The second kappa shape index (κ2) is 8.86. The highest BCUT2D eigenvalue weighted by molar-refractivity contribution is 5.93. The van der Waals surface area contributed by atoms with Crippen molar-refractivity contribution in [2.75, 3.05) is 21.3 Å². The van der Waals surface area contributed by atoms with Gasteiger partial charge in [0, 0.05) is 18.7 Å². The number of tetrazole rings is 1. The number of hydrogen-bond donors (Lipinski definition) is 0. The molecule has 1 heterocycles. The number of methoxy groups -OCH3 is 3. The van der Waals surface area contributed by atoms with E-state index < -0.39 is 5.97 Å². The summed E-state index contributed by atoms with van der Waals surface area (Å²) >= 11 is 0. The minimum Gasteiger partial charge on any atom is -0.496 e. The molecule has 0 aliphatic heterocycles. The van der Waals surface area contributed by atoms with Crippen molar-refractivity contribution >= 4 is 5.97 Å². The van der Waals surface area contributed by atoms with E-state index in [0.717, 1.165) is 12.8 Å². The second-order valence-corrected chi connectivity index (χ2v) is 5.16. The smallest absolute Gasteiger partial charge is 0.342 e. The molecule has 25 heavy (non-hydrogen) atoms. The predicted molar refractivity (Wildman–Crippen MR) is 87.9 cm³/mol. The summed E-state index contributed by atoms with van der Waals surface area (Å²) in [6.45, 7) is 2.72. The summed E-state index contributed by atoms with van der Waals surface area (Å²) in [5, 5.41) is 11.4. The summed E-state index contributed by atoms with van der Waals surface area (Å²) in [5.41, 5.74) is 0.229. The number of rotatable bonds is 9. The van der Waals surface area contributed by atoms with Crippen LogP contribution >= 0.6 is 0 Å². The summed E-state index contributed by atoms with van der Waals surface area (Å²) in [6.07, 6.45) is 1.96. The number of nitrogens with zero attached hydrogens (tertiary/aromatic N) is 4. The Bertz CT molecular complexity index is 717. The molecular weight excluding hydrogens is 328 g/mol. The third-order valence-corrected chi connectivity index (χ3v) is 3.59. The number of esters is 1. The first kappa shape index (κ1) is 18.5. The van der Waals surface area contributed by atoms with Crippen LogP contribution in [0.1, 0.15) is 35.9 Å². The van der Waals surface area contributed by atoms with Gasteiger partial charge in [0.25, 0.3) is 0 Å². The highest BCUT2D eigenvalue weighted by Gasteiger charge is 2.20. The quantitative estimate of drug-likeness (QED) is 0.632. The molecule has 9 heteroatoms. The van der Waals surface area contributed by atoms with Crippen LogP contribution in [0.25, 0.3) is 0 Å². The Morgan fingerprint density at radius 2 is 1.76 bits per heavy atom. The van der Waals surface area contributed by atoms with E-state index in [-0.39, 0.29) is 12.2 Å². The number of carbonyl (C=O) groups is 1. The first-order chi connectivity index (χ1) is 12.1. The molecule has 0 aliphatic carbocycles. The van der Waals surface area contributed by atoms with Crippen molar-refractivity contribution in [2.45, 2.75) is 32.9 Å². The maximum atomic E-state index is 12.4. The number of unbranched alkanes of at least 4 members (excludes halogenated alkanes) is 1. The maximum Gasteiger partial charge on any atom is 0.342 e. The van der Waals surface area contributed by atoms with Gasteiger partial charge in [0.15, 0.2) is 23.9 Å². The molecule has 2 aromatic rings. The highest BCUT2D eigenvalue weighted by atomic mass is 16.5. The van der Waals surface area contributed by atoms with Crippen molar-refractivity contribution in [3.8, 4) is 17.2 Å². The lowest BCUT2D eigenvalue weighted by atomic mass is 10.1. The van der Waals surface area contributed by atoms with Crippen LogP contribution in [-0.4, -0.2) is 47.5 Å². The van der Waals surface area contributed by atoms with E-state index in [1.807, 2.05) is 0 Å². The Balaban J connectivity index is 2.14. The Morgan fingerprint density at radius 3 is 2.40 bits per heavy atom. The molecule has 2 rings (SSSR count). The van der Waals surface area contributed by atoms with Gasteiger partial charge in [-0.3, -0.25) is 0 Å². The second-order valence-electron chi connectivity index (χ2n) is 5.16. The summed E-state index contributed by atoms with van der Waals surface area (Å²) in [6, 6.07) is 3.08. The fraction of sp³-hybridized carbons (Fsp3) is 0.500. The number of hydrogen-bond acceptors (Lipinski definition) is 8. The van der Waals surface area contributed by atoms with Gasteiger partial charge in [-0.15, -0.1) is 5.10 Å². The van der Waals surface area contributed by atoms with Crippen LogP contribution in [0.5, 0.6) is 17.2 Å². The van der Waals surface area contributed by atoms with Crippen LogP contribution in [0, 0.1) is 0 Å². The molecule has 9 nitrogen and oxygen atoms in total. The summed E-state index contributed by atoms with van der Waals surface area (Å²) in [5.74, 6) is 1.11. The molecule has 0 saturated heterocycles. The molecule has 1 aromatic heterocycles. The fourth-order valence-corrected chi connectivity index (χ4v) is 2.20. The molecule has 0 bridgehead atoms. The number of carbonyl (C=O) groups excluding carboxylic acids is 1. The highest BCUT2D eigenvalue weighted by Crippen LogP contribution is 2.35. The van der Waals surface area contributed by atoms with E-state index in [9.17, 15) is 4.79 Å². The number of benzene rings is 1. The zero-order valence-electron chi connectivity index (χ0n) is 14.8. The van der Waals surface area contributed by atoms with Gasteiger partial charge in [0.2, 0.25) is 0 Å². The molecule has 0 spiro atoms. The first-order valence-electron chi connectivity index (χ1n) is 7.86. The van der Waals surface area contributed by atoms with Crippen molar-refractivity contribution in [3.63, 3.8) is 0 Å². The van der Waals surface area contributed by atoms with Crippen molar-refractivity contribution in [1.29, 1.82) is 0 Å². The van der Waals surface area contributed by atoms with Crippen LogP contribution in [0.2, 0.25) is 0 Å². The number of ether oxygens (including phenoxy) is 4. The third kappa shape index (κ3) is 4.37. The van der Waals surface area contributed by atoms with E-state index in [1.165, 1.54) is 27.4 Å². The van der Waals surface area contributed by atoms with E-state index in [1.54, 1.807) is 10.7 Å². The van der Waals surface area contributed by atoms with Crippen molar-refractivity contribution in [2.24, 2.45) is 0 Å². The van der Waals surface area contributed by atoms with Crippen LogP contribution in [-0.2, 0) is 17.9 Å². The predicted octanol–water partition coefficient (Wildman–Crippen LogP) is 1.86. The van der Waals surface area contributed by atoms with Crippen molar-refractivity contribution in [1.82, 2.24) is 20.2 Å². The molecule has 0 unspecified atom stereocenters. The van der Waals surface area contributed by atoms with Crippen LogP contribution in [0.15, 0.2) is 12.1 Å². The molecule has 0 atom stereocenters. The van der Waals surface area contributed by atoms with E-state index >= 15 is 0 Å². The Morgan fingerprint density at radius 1 is 1.08 bits per heavy atom. The van der Waals surface area contributed by atoms with Gasteiger partial charge in [-0.25, -0.2) is 9.48 Å². The van der Waals surface area contributed by atoms with Crippen molar-refractivity contribution < 1.29 is 23.7 Å². The van der Waals surface area contributed by atoms with Crippen LogP contribution < -0.4 is 14.2 Å². The molecule has 136 valence electrons. The topological polar surface area (TPSA) is 97.6 Å². The number of aryl methyl sites for hydroxylation is 1. The number of aromatic nitrogens is 4. The third-order valence-electron chi connectivity index (χ3n) is 3.59. The molecule has 0 saturated carbocycles. The van der Waals surface area contributed by atoms with Crippen LogP contribution in [0.4, 0.5) is 0 Å². The van der Waals surface area contributed by atoms with Gasteiger partial charge in [0.05, 0.1) is 21.3 Å². The molecular formula is C16H22N4O5. The van der Waals surface area contributed by atoms with Crippen LogP contribution in [0.3, 0.4) is 0 Å². The molecule has 0 aliphatic rings. The van der Waals surface area contributed by atoms with Gasteiger partial charge >= 0.3 is 5.97 Å². The largest absolute Gasteiger partial charge is 0.496 e. The average Bonchev–Trinajstić information content (AvgIpc) is 3.10. The van der Waals surface area contributed by atoms with Crippen molar-refractivity contribution in [3.05, 3.63) is 23.5 Å². The lowest BCUT2D eigenvalue weighted by Gasteiger charge is -2.13.